The Bertz CT molecular complexity index is 1690. The van der Waals surface area contributed by atoms with Gasteiger partial charge in [-0.3, -0.25) is 4.57 Å². The molecule has 3 aromatic carbocycles. The number of carboxylic acid groups (broad SMARTS) is 1. The van der Waals surface area contributed by atoms with E-state index in [-0.39, 0.29) is 22.3 Å². The fourth-order valence-corrected chi connectivity index (χ4v) is 4.65. The van der Waals surface area contributed by atoms with Crippen LogP contribution in [0, 0.1) is 0 Å². The first-order chi connectivity index (χ1) is 18.2. The summed E-state index contributed by atoms with van der Waals surface area (Å²) < 4.78 is 46.8. The number of methoxy groups -OCH3 is 1. The average molecular weight is 538 g/mol. The minimum Gasteiger partial charge on any atom is -0.497 e. The first kappa shape index (κ1) is 25.0. The van der Waals surface area contributed by atoms with Gasteiger partial charge in [0.1, 0.15) is 5.75 Å². The van der Waals surface area contributed by atoms with Gasteiger partial charge in [-0.2, -0.15) is 13.2 Å². The maximum atomic E-state index is 13.5. The molecule has 2 heterocycles. The molecule has 0 fully saturated rings. The maximum Gasteiger partial charge on any atom is 0.416 e. The van der Waals surface area contributed by atoms with Gasteiger partial charge in [-0.15, -0.1) is 11.3 Å². The standard InChI is InChI=1S/C27H18F3N3O4S/c1-37-19-8-5-15(6-9-19)22-14-38-26(32-22)31-13-21-20-10-7-17(27(28,29)30)12-23(20)33(24(21)34)18-4-2-3-16(11-18)25(35)36/h2-14,34H,1H3,(H,35,36)/b31-13+. The zero-order valence-electron chi connectivity index (χ0n) is 19.6. The number of ether oxygens (including phenoxy) is 1. The van der Waals surface area contributed by atoms with Crippen molar-refractivity contribution in [1.29, 1.82) is 0 Å². The van der Waals surface area contributed by atoms with Crippen LogP contribution in [0.15, 0.2) is 77.1 Å². The largest absolute Gasteiger partial charge is 0.497 e. The quantitative estimate of drug-likeness (QED) is 0.229. The normalized spacial score (nSPS) is 11.9. The van der Waals surface area contributed by atoms with Gasteiger partial charge in [0, 0.05) is 28.2 Å². The van der Waals surface area contributed by atoms with Crippen molar-refractivity contribution in [2.45, 2.75) is 6.18 Å². The molecule has 11 heteroatoms. The third kappa shape index (κ3) is 4.71. The van der Waals surface area contributed by atoms with Crippen LogP contribution in [0.5, 0.6) is 11.6 Å². The highest BCUT2D eigenvalue weighted by Crippen LogP contribution is 2.38. The van der Waals surface area contributed by atoms with E-state index in [1.165, 1.54) is 52.5 Å². The summed E-state index contributed by atoms with van der Waals surface area (Å²) in [5, 5.41) is 23.0. The molecule has 0 saturated carbocycles. The van der Waals surface area contributed by atoms with Crippen LogP contribution in [0.3, 0.4) is 0 Å². The molecular weight excluding hydrogens is 519 g/mol. The van der Waals surface area contributed by atoms with E-state index in [0.29, 0.717) is 22.0 Å². The van der Waals surface area contributed by atoms with Crippen LogP contribution >= 0.6 is 11.3 Å². The Morgan fingerprint density at radius 3 is 2.55 bits per heavy atom. The molecule has 7 nitrogen and oxygen atoms in total. The fraction of sp³-hybridized carbons (Fsp3) is 0.0741. The van der Waals surface area contributed by atoms with E-state index in [1.54, 1.807) is 19.2 Å². The molecule has 2 aromatic heterocycles. The van der Waals surface area contributed by atoms with Gasteiger partial charge in [0.05, 0.1) is 35.0 Å². The molecule has 0 aliphatic heterocycles. The second kappa shape index (κ2) is 9.67. The Labute approximate surface area is 217 Å². The molecular formula is C27H18F3N3O4S. The van der Waals surface area contributed by atoms with Crippen LogP contribution in [0.4, 0.5) is 18.3 Å². The van der Waals surface area contributed by atoms with Crippen molar-refractivity contribution >= 4 is 39.6 Å². The van der Waals surface area contributed by atoms with Crippen molar-refractivity contribution in [3.8, 4) is 28.6 Å². The lowest BCUT2D eigenvalue weighted by atomic mass is 10.1. The number of rotatable bonds is 6. The van der Waals surface area contributed by atoms with E-state index in [0.717, 1.165) is 17.7 Å². The molecule has 0 bridgehead atoms. The third-order valence-electron chi connectivity index (χ3n) is 5.84. The van der Waals surface area contributed by atoms with Crippen LogP contribution < -0.4 is 4.74 Å². The maximum absolute atomic E-state index is 13.5. The number of carbonyl (C=O) groups is 1. The monoisotopic (exact) mass is 537 g/mol. The number of benzene rings is 3. The summed E-state index contributed by atoms with van der Waals surface area (Å²) in [6.07, 6.45) is -3.28. The third-order valence-corrected chi connectivity index (χ3v) is 6.59. The number of hydrogen-bond donors (Lipinski definition) is 2. The lowest BCUT2D eigenvalue weighted by Crippen LogP contribution is -2.05. The van der Waals surface area contributed by atoms with Crippen LogP contribution in [-0.4, -0.2) is 39.1 Å². The summed E-state index contributed by atoms with van der Waals surface area (Å²) in [5.74, 6) is -0.897. The lowest BCUT2D eigenvalue weighted by Gasteiger charge is -2.10. The lowest BCUT2D eigenvalue weighted by molar-refractivity contribution is -0.137. The zero-order valence-corrected chi connectivity index (χ0v) is 20.4. The number of halogens is 3. The highest BCUT2D eigenvalue weighted by molar-refractivity contribution is 7.13. The van der Waals surface area contributed by atoms with Crippen molar-refractivity contribution in [3.63, 3.8) is 0 Å². The second-order valence-corrected chi connectivity index (χ2v) is 9.00. The second-order valence-electron chi connectivity index (χ2n) is 8.16. The molecule has 0 saturated heterocycles. The SMILES string of the molecule is COc1ccc(-c2csc(/N=C/c3c(O)n(-c4cccc(C(=O)O)c4)c4cc(C(F)(F)F)ccc34)n2)cc1. The van der Waals surface area contributed by atoms with Crippen molar-refractivity contribution in [3.05, 3.63) is 88.8 Å². The van der Waals surface area contributed by atoms with Crippen molar-refractivity contribution in [2.24, 2.45) is 4.99 Å². The number of alkyl halides is 3. The summed E-state index contributed by atoms with van der Waals surface area (Å²) in [6.45, 7) is 0. The molecule has 0 amide bonds. The summed E-state index contributed by atoms with van der Waals surface area (Å²) in [5.41, 5.74) is 0.917. The number of aromatic hydroxyl groups is 1. The molecule has 0 unspecified atom stereocenters. The molecule has 38 heavy (non-hydrogen) atoms. The minimum atomic E-state index is -4.62. The first-order valence-electron chi connectivity index (χ1n) is 11.1. The Morgan fingerprint density at radius 2 is 1.87 bits per heavy atom. The number of nitrogens with zero attached hydrogens (tertiary/aromatic N) is 3. The molecule has 0 spiro atoms. The van der Waals surface area contributed by atoms with Crippen molar-refractivity contribution in [1.82, 2.24) is 9.55 Å². The highest BCUT2D eigenvalue weighted by Gasteiger charge is 2.31. The molecule has 2 N–H and O–H groups in total. The van der Waals surface area contributed by atoms with Gasteiger partial charge in [0.2, 0.25) is 11.0 Å². The molecule has 0 atom stereocenters. The summed E-state index contributed by atoms with van der Waals surface area (Å²) in [4.78, 5) is 20.3. The van der Waals surface area contributed by atoms with Crippen LogP contribution in [-0.2, 0) is 6.18 Å². The van der Waals surface area contributed by atoms with Crippen molar-refractivity contribution < 1.29 is 32.9 Å². The van der Waals surface area contributed by atoms with Gasteiger partial charge in [0.15, 0.2) is 0 Å². The Hall–Kier alpha value is -4.64. The van der Waals surface area contributed by atoms with Crippen LogP contribution in [0.2, 0.25) is 0 Å². The molecule has 192 valence electrons. The van der Waals surface area contributed by atoms with Crippen molar-refractivity contribution in [2.75, 3.05) is 7.11 Å². The number of thiazole rings is 1. The van der Waals surface area contributed by atoms with Gasteiger partial charge >= 0.3 is 12.1 Å². The van der Waals surface area contributed by atoms with Crippen LogP contribution in [0.25, 0.3) is 27.8 Å². The summed E-state index contributed by atoms with van der Waals surface area (Å²) in [7, 11) is 1.57. The van der Waals surface area contributed by atoms with E-state index < -0.39 is 23.6 Å². The number of aromatic nitrogens is 2. The summed E-state index contributed by atoms with van der Waals surface area (Å²) >= 11 is 1.26. The van der Waals surface area contributed by atoms with Gasteiger partial charge in [-0.05, 0) is 54.6 Å². The van der Waals surface area contributed by atoms with E-state index in [4.69, 9.17) is 4.74 Å². The number of fused-ring (bicyclic) bond motifs is 1. The first-order valence-corrected chi connectivity index (χ1v) is 12.0. The van der Waals surface area contributed by atoms with Crippen LogP contribution in [0.1, 0.15) is 21.5 Å². The predicted octanol–water partition coefficient (Wildman–Crippen LogP) is 6.94. The molecule has 5 aromatic rings. The number of aliphatic imine (C=N–C) groups is 1. The summed E-state index contributed by atoms with van der Waals surface area (Å²) in [6, 6.07) is 15.9. The number of hydrogen-bond acceptors (Lipinski definition) is 6. The van der Waals surface area contributed by atoms with E-state index in [2.05, 4.69) is 9.98 Å². The Morgan fingerprint density at radius 1 is 1.11 bits per heavy atom. The van der Waals surface area contributed by atoms with Gasteiger partial charge in [-0.1, -0.05) is 12.1 Å². The highest BCUT2D eigenvalue weighted by atomic mass is 32.1. The Balaban J connectivity index is 1.60. The Kier molecular flexibility index (Phi) is 6.37. The van der Waals surface area contributed by atoms with Gasteiger partial charge < -0.3 is 14.9 Å². The number of carboxylic acids is 1. The topological polar surface area (TPSA) is 96.9 Å². The molecule has 0 aliphatic carbocycles. The average Bonchev–Trinajstić information content (AvgIpc) is 3.48. The van der Waals surface area contributed by atoms with E-state index >= 15 is 0 Å². The predicted molar refractivity (Wildman–Crippen MR) is 138 cm³/mol. The smallest absolute Gasteiger partial charge is 0.416 e. The van der Waals surface area contributed by atoms with Gasteiger partial charge in [0.25, 0.3) is 0 Å². The minimum absolute atomic E-state index is 0.0411. The van der Waals surface area contributed by atoms with E-state index in [1.807, 2.05) is 17.5 Å². The zero-order chi connectivity index (χ0) is 27.0. The molecule has 5 rings (SSSR count). The number of aromatic carboxylic acids is 1. The fourth-order valence-electron chi connectivity index (χ4n) is 3.98. The van der Waals surface area contributed by atoms with Gasteiger partial charge in [-0.25, -0.2) is 14.8 Å². The molecule has 0 aliphatic rings. The van der Waals surface area contributed by atoms with E-state index in [9.17, 15) is 28.2 Å². The molecule has 0 radical (unpaired) electrons.